The van der Waals surface area contributed by atoms with Gasteiger partial charge in [0.05, 0.1) is 18.3 Å². The van der Waals surface area contributed by atoms with Gasteiger partial charge < -0.3 is 4.74 Å². The second kappa shape index (κ2) is 2.79. The van der Waals surface area contributed by atoms with Crippen LogP contribution in [0.2, 0.25) is 0 Å². The number of rotatable bonds is 1. The van der Waals surface area contributed by atoms with Gasteiger partial charge in [-0.05, 0) is 6.92 Å². The van der Waals surface area contributed by atoms with E-state index in [2.05, 4.69) is 9.72 Å². The van der Waals surface area contributed by atoms with Crippen molar-refractivity contribution < 1.29 is 9.53 Å². The van der Waals surface area contributed by atoms with Gasteiger partial charge in [0.2, 0.25) is 0 Å². The van der Waals surface area contributed by atoms with Crippen LogP contribution in [-0.2, 0) is 4.74 Å². The first-order valence-corrected chi connectivity index (χ1v) is 3.56. The molecule has 10 heavy (non-hydrogen) atoms. The predicted octanol–water partition coefficient (Wildman–Crippen LogP) is 1.24. The van der Waals surface area contributed by atoms with Crippen LogP contribution in [0.3, 0.4) is 0 Å². The maximum Gasteiger partial charge on any atom is 0.349 e. The molecule has 0 amide bonds. The van der Waals surface area contributed by atoms with Crippen LogP contribution in [0.25, 0.3) is 0 Å². The molecule has 54 valence electrons. The van der Waals surface area contributed by atoms with Crippen LogP contribution in [0.1, 0.15) is 14.7 Å². The lowest BCUT2D eigenvalue weighted by Gasteiger charge is -1.89. The summed E-state index contributed by atoms with van der Waals surface area (Å²) in [7, 11) is 1.36. The molecule has 0 atom stereocenters. The van der Waals surface area contributed by atoms with Gasteiger partial charge in [0, 0.05) is 0 Å². The lowest BCUT2D eigenvalue weighted by atomic mass is 10.6. The Morgan fingerprint density at radius 3 is 2.90 bits per heavy atom. The summed E-state index contributed by atoms with van der Waals surface area (Å²) in [4.78, 5) is 15.2. The fourth-order valence-electron chi connectivity index (χ4n) is 0.556. The van der Waals surface area contributed by atoms with Gasteiger partial charge in [-0.2, -0.15) is 0 Å². The molecular formula is C6H7NO2S. The number of carbonyl (C=O) groups excluding carboxylic acids is 1. The monoisotopic (exact) mass is 157 g/mol. The number of carbonyl (C=O) groups is 1. The normalized spacial score (nSPS) is 9.40. The molecule has 0 unspecified atom stereocenters. The van der Waals surface area contributed by atoms with E-state index in [0.29, 0.717) is 4.88 Å². The first-order chi connectivity index (χ1) is 4.74. The molecule has 0 saturated heterocycles. The van der Waals surface area contributed by atoms with Gasteiger partial charge in [0.1, 0.15) is 4.88 Å². The summed E-state index contributed by atoms with van der Waals surface area (Å²) in [6, 6.07) is 0. The average molecular weight is 157 g/mol. The van der Waals surface area contributed by atoms with Crippen LogP contribution in [0.4, 0.5) is 0 Å². The number of esters is 1. The molecule has 0 aliphatic rings. The maximum absolute atomic E-state index is 10.8. The number of aryl methyl sites for hydroxylation is 1. The van der Waals surface area contributed by atoms with E-state index in [0.717, 1.165) is 5.01 Å². The Labute approximate surface area is 62.7 Å². The summed E-state index contributed by atoms with van der Waals surface area (Å²) in [6.45, 7) is 1.84. The van der Waals surface area contributed by atoms with Crippen LogP contribution in [0.5, 0.6) is 0 Å². The molecule has 3 nitrogen and oxygen atoms in total. The highest BCUT2D eigenvalue weighted by Gasteiger charge is 2.07. The van der Waals surface area contributed by atoms with E-state index >= 15 is 0 Å². The number of aromatic nitrogens is 1. The first kappa shape index (κ1) is 7.21. The molecule has 1 rings (SSSR count). The molecule has 0 aliphatic carbocycles. The fraction of sp³-hybridized carbons (Fsp3) is 0.333. The molecule has 0 bridgehead atoms. The quantitative estimate of drug-likeness (QED) is 0.576. The zero-order valence-corrected chi connectivity index (χ0v) is 6.57. The summed E-state index contributed by atoms with van der Waals surface area (Å²) in [6.07, 6.45) is 1.52. The third-order valence-electron chi connectivity index (χ3n) is 1.01. The molecule has 0 saturated carbocycles. The number of thiazole rings is 1. The maximum atomic E-state index is 10.8. The molecule has 1 aromatic heterocycles. The van der Waals surface area contributed by atoms with Crippen molar-refractivity contribution in [2.75, 3.05) is 7.11 Å². The van der Waals surface area contributed by atoms with Crippen molar-refractivity contribution in [1.29, 1.82) is 0 Å². The van der Waals surface area contributed by atoms with E-state index in [4.69, 9.17) is 0 Å². The average Bonchev–Trinajstić information content (AvgIpc) is 2.34. The summed E-state index contributed by atoms with van der Waals surface area (Å²) in [5, 5.41) is 0.875. The van der Waals surface area contributed by atoms with Crippen LogP contribution in [0.15, 0.2) is 6.20 Å². The smallest absolute Gasteiger partial charge is 0.349 e. The fourth-order valence-corrected chi connectivity index (χ4v) is 1.25. The molecular weight excluding hydrogens is 150 g/mol. The van der Waals surface area contributed by atoms with E-state index in [1.807, 2.05) is 6.92 Å². The van der Waals surface area contributed by atoms with Gasteiger partial charge >= 0.3 is 5.97 Å². The standard InChI is InChI=1S/C6H7NO2S/c1-4-7-3-5(10-4)6(8)9-2/h3H,1-2H3. The Balaban J connectivity index is 2.85. The van der Waals surface area contributed by atoms with Gasteiger partial charge in [-0.3, -0.25) is 0 Å². The number of methoxy groups -OCH3 is 1. The molecule has 0 fully saturated rings. The lowest BCUT2D eigenvalue weighted by molar-refractivity contribution is 0.0606. The van der Waals surface area contributed by atoms with Crippen LogP contribution in [0, 0.1) is 6.92 Å². The zero-order valence-electron chi connectivity index (χ0n) is 5.75. The SMILES string of the molecule is COC(=O)c1cnc(C)s1. The molecule has 0 N–H and O–H groups in total. The number of hydrogen-bond acceptors (Lipinski definition) is 4. The summed E-state index contributed by atoms with van der Waals surface area (Å²) in [5.41, 5.74) is 0. The molecule has 1 aromatic rings. The predicted molar refractivity (Wildman–Crippen MR) is 38.2 cm³/mol. The Kier molecular flexibility index (Phi) is 2.01. The highest BCUT2D eigenvalue weighted by Crippen LogP contribution is 2.11. The number of hydrogen-bond donors (Lipinski definition) is 0. The largest absolute Gasteiger partial charge is 0.465 e. The molecule has 0 aromatic carbocycles. The Hall–Kier alpha value is -0.900. The van der Waals surface area contributed by atoms with E-state index in [-0.39, 0.29) is 5.97 Å². The highest BCUT2D eigenvalue weighted by atomic mass is 32.1. The van der Waals surface area contributed by atoms with Crippen LogP contribution in [-0.4, -0.2) is 18.1 Å². The van der Waals surface area contributed by atoms with Gasteiger partial charge in [0.15, 0.2) is 0 Å². The lowest BCUT2D eigenvalue weighted by Crippen LogP contribution is -1.96. The summed E-state index contributed by atoms with van der Waals surface area (Å²) in [5.74, 6) is -0.314. The third-order valence-corrected chi connectivity index (χ3v) is 1.90. The van der Waals surface area contributed by atoms with E-state index < -0.39 is 0 Å². The second-order valence-electron chi connectivity index (χ2n) is 1.74. The van der Waals surface area contributed by atoms with Crippen molar-refractivity contribution in [3.05, 3.63) is 16.1 Å². The van der Waals surface area contributed by atoms with E-state index in [1.165, 1.54) is 24.6 Å². The van der Waals surface area contributed by atoms with Crippen molar-refractivity contribution in [2.45, 2.75) is 6.92 Å². The summed E-state index contributed by atoms with van der Waals surface area (Å²) >= 11 is 1.33. The van der Waals surface area contributed by atoms with Crippen molar-refractivity contribution in [3.8, 4) is 0 Å². The Morgan fingerprint density at radius 1 is 1.80 bits per heavy atom. The minimum absolute atomic E-state index is 0.314. The van der Waals surface area contributed by atoms with Crippen molar-refractivity contribution in [3.63, 3.8) is 0 Å². The van der Waals surface area contributed by atoms with Gasteiger partial charge in [-0.1, -0.05) is 0 Å². The van der Waals surface area contributed by atoms with Crippen LogP contribution < -0.4 is 0 Å². The third kappa shape index (κ3) is 1.33. The van der Waals surface area contributed by atoms with Crippen LogP contribution >= 0.6 is 11.3 Å². The number of nitrogens with zero attached hydrogens (tertiary/aromatic N) is 1. The molecule has 0 spiro atoms. The Morgan fingerprint density at radius 2 is 2.50 bits per heavy atom. The summed E-state index contributed by atoms with van der Waals surface area (Å²) < 4.78 is 4.48. The van der Waals surface area contributed by atoms with E-state index in [1.54, 1.807) is 0 Å². The van der Waals surface area contributed by atoms with Gasteiger partial charge in [-0.15, -0.1) is 11.3 Å². The van der Waals surface area contributed by atoms with Crippen molar-refractivity contribution >= 4 is 17.3 Å². The first-order valence-electron chi connectivity index (χ1n) is 2.75. The minimum Gasteiger partial charge on any atom is -0.465 e. The highest BCUT2D eigenvalue weighted by molar-refractivity contribution is 7.13. The molecule has 0 radical (unpaired) electrons. The van der Waals surface area contributed by atoms with E-state index in [9.17, 15) is 4.79 Å². The zero-order chi connectivity index (χ0) is 7.56. The van der Waals surface area contributed by atoms with Gasteiger partial charge in [-0.25, -0.2) is 9.78 Å². The number of ether oxygens (including phenoxy) is 1. The minimum atomic E-state index is -0.314. The molecule has 1 heterocycles. The Bertz CT molecular complexity index is 244. The van der Waals surface area contributed by atoms with Gasteiger partial charge in [0.25, 0.3) is 0 Å². The van der Waals surface area contributed by atoms with Crippen molar-refractivity contribution in [1.82, 2.24) is 4.98 Å². The second-order valence-corrected chi connectivity index (χ2v) is 2.97. The van der Waals surface area contributed by atoms with Crippen molar-refractivity contribution in [2.24, 2.45) is 0 Å². The topological polar surface area (TPSA) is 39.2 Å². The molecule has 4 heteroatoms. The molecule has 0 aliphatic heterocycles.